The molecule has 0 saturated heterocycles. The zero-order valence-corrected chi connectivity index (χ0v) is 49.6. The van der Waals surface area contributed by atoms with Crippen molar-refractivity contribution in [3.63, 3.8) is 0 Å². The first kappa shape index (κ1) is 35.0. The standard InChI is InChI=1S/C88H52N6O2/c1-89-72-53-71(88-91-86(59-33-19-7-20-34-59)90-87(92-88)60-35-21-8-22-36-60)82(93-73-43-37-61(54-23-9-2-10-24-54)51-69(73)80-75(93)45-41-65-67-49-63(56-27-13-4-14-28-56)39-47-77(67)95-84(65)80)79(58-31-17-6-18-32-58)83(72)94-74-44-38-62(55-25-11-3-12-26-55)52-70(74)81-76(94)46-42-66-68-50-64(57-29-15-5-16-30-57)40-48-78(68)96-85(66)81/h2-53H/i3D,4D,5D,7D,8D,11D,12D,13D,14D,15D,16D,19D,20D,21D,22D,25D,26D,27D,28D,29D,30D,33D,34D,35D,36D. The van der Waals surface area contributed by atoms with E-state index >= 15 is 0 Å². The quantitative estimate of drug-likeness (QED) is 0.128. The molecule has 19 rings (SSSR count). The Balaban J connectivity index is 1.01. The molecule has 0 radical (unpaired) electrons. The average molecular weight is 1250 g/mol. The van der Waals surface area contributed by atoms with Crippen molar-refractivity contribution < 1.29 is 43.1 Å². The molecule has 0 fully saturated rings. The van der Waals surface area contributed by atoms with Crippen LogP contribution in [-0.4, -0.2) is 24.1 Å². The van der Waals surface area contributed by atoms with Gasteiger partial charge in [0.15, 0.2) is 17.5 Å². The maximum Gasteiger partial charge on any atom is 0.212 e. The molecule has 0 atom stereocenters. The lowest BCUT2D eigenvalue weighted by atomic mass is 9.94. The lowest BCUT2D eigenvalue weighted by molar-refractivity contribution is 0.672. The van der Waals surface area contributed by atoms with Crippen LogP contribution >= 0.6 is 0 Å². The molecular formula is C88H52N6O2. The minimum atomic E-state index is -0.805. The first-order chi connectivity index (χ1) is 57.9. The van der Waals surface area contributed by atoms with Crippen LogP contribution in [0, 0.1) is 6.57 Å². The van der Waals surface area contributed by atoms with Gasteiger partial charge < -0.3 is 18.0 Å². The van der Waals surface area contributed by atoms with Gasteiger partial charge in [-0.05, 0) is 129 Å². The van der Waals surface area contributed by atoms with E-state index in [1.54, 1.807) is 108 Å². The van der Waals surface area contributed by atoms with Crippen molar-refractivity contribution in [2.75, 3.05) is 0 Å². The van der Waals surface area contributed by atoms with E-state index in [1.165, 1.54) is 6.07 Å². The molecule has 0 spiro atoms. The first-order valence-electron chi connectivity index (χ1n) is 42.6. The van der Waals surface area contributed by atoms with Crippen LogP contribution < -0.4 is 0 Å². The van der Waals surface area contributed by atoms with Gasteiger partial charge in [0.2, 0.25) is 5.69 Å². The zero-order chi connectivity index (χ0) is 85.1. The summed E-state index contributed by atoms with van der Waals surface area (Å²) in [6.45, 7) is 9.72. The molecule has 0 aliphatic carbocycles. The van der Waals surface area contributed by atoms with E-state index in [-0.39, 0.29) is 72.7 Å². The Kier molecular flexibility index (Phi) is 8.02. The number of aromatic nitrogens is 5. The maximum absolute atomic E-state index is 9.72. The SMILES string of the molecule is [2H]c1c([2H])c([2H])c(-c2ccc3oc4c(ccc5c4c4cc(-c6c([2H])c([2H])c([2H])c([2H])c6[2H])ccc4n5-c4c([N+]#[C-])cc(-c5nc(-c6c([2H])c([2H])c([2H])c([2H])c6[2H])nc(-c6c([2H])c([2H])c([2H])c([2H])c6[2H])n5)c(-n5c6ccc(-c7ccccc7)cc6c6c7oc8ccc(-c9c([2H])c([2H])c([2H])c([2H])c9[2H])cc8c7ccc65)c4-c4ccccc4)c3c2)c([2H])c1[2H]. The minimum Gasteiger partial charge on any atom is -0.455 e. The summed E-state index contributed by atoms with van der Waals surface area (Å²) in [5, 5.41) is 3.51. The van der Waals surface area contributed by atoms with Crippen LogP contribution in [0.3, 0.4) is 0 Å². The molecule has 446 valence electrons. The number of hydrogen-bond donors (Lipinski definition) is 0. The molecule has 14 aromatic carbocycles. The summed E-state index contributed by atoms with van der Waals surface area (Å²) in [5.41, 5.74) is 3.78. The molecule has 0 bridgehead atoms. The average Bonchev–Trinajstić information content (AvgIpc) is 1.54. The van der Waals surface area contributed by atoms with Crippen LogP contribution in [0.1, 0.15) is 34.3 Å². The van der Waals surface area contributed by atoms with Crippen LogP contribution in [0.2, 0.25) is 0 Å². The fourth-order valence-electron chi connectivity index (χ4n) is 13.3. The van der Waals surface area contributed by atoms with E-state index in [2.05, 4.69) is 4.85 Å². The number of benzene rings is 14. The molecular weight excluding hydrogens is 1170 g/mol. The third-order valence-corrected chi connectivity index (χ3v) is 17.4. The topological polar surface area (TPSA) is 79.2 Å². The van der Waals surface area contributed by atoms with Crippen molar-refractivity contribution in [1.29, 1.82) is 0 Å². The van der Waals surface area contributed by atoms with Crippen LogP contribution in [0.5, 0.6) is 0 Å². The number of furan rings is 2. The Morgan fingerprint density at radius 3 is 1.14 bits per heavy atom. The lowest BCUT2D eigenvalue weighted by Crippen LogP contribution is -2.08. The van der Waals surface area contributed by atoms with E-state index < -0.39 is 180 Å². The van der Waals surface area contributed by atoms with Gasteiger partial charge in [0, 0.05) is 54.6 Å². The zero-order valence-electron chi connectivity index (χ0n) is 74.6. The summed E-state index contributed by atoms with van der Waals surface area (Å²) >= 11 is 0. The van der Waals surface area contributed by atoms with E-state index in [1.807, 2.05) is 59.2 Å². The molecule has 5 heterocycles. The summed E-state index contributed by atoms with van der Waals surface area (Å²) < 4.78 is 241. The second-order valence-electron chi connectivity index (χ2n) is 22.6. The summed E-state index contributed by atoms with van der Waals surface area (Å²) in [7, 11) is 0. The number of nitrogens with zero attached hydrogens (tertiary/aromatic N) is 6. The highest BCUT2D eigenvalue weighted by atomic mass is 16.3. The van der Waals surface area contributed by atoms with Crippen molar-refractivity contribution >= 4 is 93.2 Å². The molecule has 96 heavy (non-hydrogen) atoms. The molecule has 0 unspecified atom stereocenters. The molecule has 8 heteroatoms. The summed E-state index contributed by atoms with van der Waals surface area (Å²) in [5.74, 6) is -1.70. The van der Waals surface area contributed by atoms with Crippen molar-refractivity contribution in [3.05, 3.63) is 326 Å². The second-order valence-corrected chi connectivity index (χ2v) is 22.6. The molecule has 19 aromatic rings. The van der Waals surface area contributed by atoms with E-state index in [9.17, 15) is 14.8 Å². The predicted octanol–water partition coefficient (Wildman–Crippen LogP) is 23.8. The van der Waals surface area contributed by atoms with Gasteiger partial charge in [-0.15, -0.1) is 0 Å². The van der Waals surface area contributed by atoms with Crippen molar-refractivity contribution in [3.8, 4) is 101 Å². The molecule has 5 aromatic heterocycles. The highest BCUT2D eigenvalue weighted by Gasteiger charge is 2.32. The van der Waals surface area contributed by atoms with Gasteiger partial charge in [-0.25, -0.2) is 19.8 Å². The predicted molar refractivity (Wildman–Crippen MR) is 393 cm³/mol. The third kappa shape index (κ3) is 8.72. The summed E-state index contributed by atoms with van der Waals surface area (Å²) in [6.07, 6.45) is 0. The van der Waals surface area contributed by atoms with Gasteiger partial charge in [-0.1, -0.05) is 236 Å². The van der Waals surface area contributed by atoms with Crippen LogP contribution in [0.4, 0.5) is 5.69 Å². The normalized spacial score (nSPS) is 15.4. The summed E-state index contributed by atoms with van der Waals surface area (Å²) in [6, 6.07) is 31.4. The Morgan fingerprint density at radius 2 is 0.688 bits per heavy atom. The number of rotatable bonds is 10. The Labute approximate surface area is 586 Å². The molecule has 0 amide bonds. The van der Waals surface area contributed by atoms with Crippen molar-refractivity contribution in [2.45, 2.75) is 0 Å². The second kappa shape index (κ2) is 22.0. The van der Waals surface area contributed by atoms with Crippen molar-refractivity contribution in [2.24, 2.45) is 0 Å². The third-order valence-electron chi connectivity index (χ3n) is 17.4. The van der Waals surface area contributed by atoms with E-state index in [0.29, 0.717) is 81.9 Å². The molecule has 0 saturated carbocycles. The maximum atomic E-state index is 9.72. The highest BCUT2D eigenvalue weighted by molar-refractivity contribution is 6.27. The first-order valence-corrected chi connectivity index (χ1v) is 30.1. The smallest absolute Gasteiger partial charge is 0.212 e. The Morgan fingerprint density at radius 1 is 0.312 bits per heavy atom. The van der Waals surface area contributed by atoms with Crippen molar-refractivity contribution in [1.82, 2.24) is 24.1 Å². The van der Waals surface area contributed by atoms with Gasteiger partial charge in [0.05, 0.1) is 85.1 Å². The van der Waals surface area contributed by atoms with Gasteiger partial charge in [-0.3, -0.25) is 0 Å². The van der Waals surface area contributed by atoms with Gasteiger partial charge in [0.1, 0.15) is 22.3 Å². The summed E-state index contributed by atoms with van der Waals surface area (Å²) in [4.78, 5) is 19.3. The Hall–Kier alpha value is -13.2. The van der Waals surface area contributed by atoms with Gasteiger partial charge in [-0.2, -0.15) is 0 Å². The Bertz CT molecular complexity index is 7760. The van der Waals surface area contributed by atoms with Gasteiger partial charge >= 0.3 is 0 Å². The number of hydrogen-bond acceptors (Lipinski definition) is 5. The van der Waals surface area contributed by atoms with Crippen LogP contribution in [0.15, 0.2) is 324 Å². The molecule has 0 aliphatic rings. The van der Waals surface area contributed by atoms with E-state index in [0.717, 1.165) is 11.1 Å². The lowest BCUT2D eigenvalue weighted by Gasteiger charge is -2.24. The van der Waals surface area contributed by atoms with Crippen LogP contribution in [0.25, 0.3) is 194 Å². The monoisotopic (exact) mass is 1250 g/mol. The molecule has 8 nitrogen and oxygen atoms in total. The fourth-order valence-corrected chi connectivity index (χ4v) is 13.3. The molecule has 0 aliphatic heterocycles. The van der Waals surface area contributed by atoms with Crippen LogP contribution in [-0.2, 0) is 0 Å². The van der Waals surface area contributed by atoms with Gasteiger partial charge in [0.25, 0.3) is 0 Å². The largest absolute Gasteiger partial charge is 0.455 e. The van der Waals surface area contributed by atoms with E-state index in [4.69, 9.17) is 49.8 Å². The highest BCUT2D eigenvalue weighted by Crippen LogP contribution is 2.53. The minimum absolute atomic E-state index is 0.0568. The molecule has 0 N–H and O–H groups in total. The fraction of sp³-hybridized carbons (Fsp3) is 0. The number of fused-ring (bicyclic) bond motifs is 14.